The van der Waals surface area contributed by atoms with Gasteiger partial charge in [0.05, 0.1) is 17.8 Å². The lowest BCUT2D eigenvalue weighted by Gasteiger charge is -2.32. The Morgan fingerprint density at radius 2 is 1.73 bits per heavy atom. The average molecular weight is 328 g/mol. The summed E-state index contributed by atoms with van der Waals surface area (Å²) in [7, 11) is -5.00. The molecule has 0 radical (unpaired) electrons. The van der Waals surface area contributed by atoms with Crippen LogP contribution in [0.3, 0.4) is 0 Å². The number of rotatable bonds is 4. The summed E-state index contributed by atoms with van der Waals surface area (Å²) in [6.07, 6.45) is 0. The molecule has 8 heteroatoms. The SMILES string of the molecule is CCOc1cc(B2OC(C)(C)C(C)(C)O2)ccc1P(=O)(O)O. The van der Waals surface area contributed by atoms with E-state index in [1.54, 1.807) is 19.1 Å². The number of hydrogen-bond acceptors (Lipinski definition) is 4. The number of ether oxygens (including phenoxy) is 1. The Labute approximate surface area is 131 Å². The Bertz CT molecular complexity index is 593. The molecule has 122 valence electrons. The van der Waals surface area contributed by atoms with Gasteiger partial charge in [-0.05, 0) is 52.2 Å². The standard InChI is InChI=1S/C14H22BO6P/c1-6-19-11-9-10(7-8-12(11)22(16,17)18)15-20-13(2,3)14(4,5)21-15/h7-9H,6H2,1-5H3,(H2,16,17,18). The maximum atomic E-state index is 11.5. The average Bonchev–Trinajstić information content (AvgIpc) is 2.57. The van der Waals surface area contributed by atoms with Crippen LogP contribution in [-0.2, 0) is 13.9 Å². The second-order valence-corrected chi connectivity index (χ2v) is 7.86. The number of benzene rings is 1. The predicted octanol–water partition coefficient (Wildman–Crippen LogP) is 1.19. The predicted molar refractivity (Wildman–Crippen MR) is 85.0 cm³/mol. The molecule has 1 heterocycles. The molecule has 1 aliphatic rings. The number of hydrogen-bond donors (Lipinski definition) is 2. The van der Waals surface area contributed by atoms with E-state index in [2.05, 4.69) is 0 Å². The summed E-state index contributed by atoms with van der Waals surface area (Å²) < 4.78 is 28.8. The third-order valence-corrected chi connectivity index (χ3v) is 5.12. The summed E-state index contributed by atoms with van der Waals surface area (Å²) in [5, 5.41) is -0.130. The maximum absolute atomic E-state index is 11.5. The van der Waals surface area contributed by atoms with Crippen molar-refractivity contribution in [2.24, 2.45) is 0 Å². The summed E-state index contributed by atoms with van der Waals surface area (Å²) >= 11 is 0. The van der Waals surface area contributed by atoms with Gasteiger partial charge in [0.15, 0.2) is 0 Å². The molecule has 1 saturated heterocycles. The van der Waals surface area contributed by atoms with Gasteiger partial charge in [-0.3, -0.25) is 4.57 Å². The molecule has 1 aromatic rings. The van der Waals surface area contributed by atoms with Gasteiger partial charge in [0.2, 0.25) is 0 Å². The second kappa shape index (κ2) is 5.66. The highest BCUT2D eigenvalue weighted by molar-refractivity contribution is 7.60. The molecule has 0 unspecified atom stereocenters. The molecule has 0 amide bonds. The Morgan fingerprint density at radius 1 is 1.18 bits per heavy atom. The van der Waals surface area contributed by atoms with Crippen molar-refractivity contribution in [2.75, 3.05) is 6.61 Å². The van der Waals surface area contributed by atoms with Gasteiger partial charge in [-0.2, -0.15) is 0 Å². The van der Waals surface area contributed by atoms with Crippen LogP contribution in [0.5, 0.6) is 5.75 Å². The van der Waals surface area contributed by atoms with Gasteiger partial charge in [0.1, 0.15) is 11.1 Å². The van der Waals surface area contributed by atoms with Crippen molar-refractivity contribution in [3.05, 3.63) is 18.2 Å². The Kier molecular flexibility index (Phi) is 4.50. The zero-order chi connectivity index (χ0) is 16.8. The van der Waals surface area contributed by atoms with Gasteiger partial charge >= 0.3 is 14.7 Å². The van der Waals surface area contributed by atoms with Crippen molar-refractivity contribution in [1.82, 2.24) is 0 Å². The highest BCUT2D eigenvalue weighted by Crippen LogP contribution is 2.39. The van der Waals surface area contributed by atoms with Crippen LogP contribution in [0.25, 0.3) is 0 Å². The molecule has 0 aliphatic carbocycles. The molecule has 2 rings (SSSR count). The van der Waals surface area contributed by atoms with Crippen molar-refractivity contribution < 1.29 is 28.4 Å². The van der Waals surface area contributed by atoms with Crippen LogP contribution in [-0.4, -0.2) is 34.7 Å². The zero-order valence-electron chi connectivity index (χ0n) is 13.5. The fraction of sp³-hybridized carbons (Fsp3) is 0.571. The zero-order valence-corrected chi connectivity index (χ0v) is 14.4. The van der Waals surface area contributed by atoms with Crippen molar-refractivity contribution in [1.29, 1.82) is 0 Å². The lowest BCUT2D eigenvalue weighted by Crippen LogP contribution is -2.41. The first-order chi connectivity index (χ1) is 9.98. The van der Waals surface area contributed by atoms with E-state index in [-0.39, 0.29) is 11.1 Å². The topological polar surface area (TPSA) is 85.2 Å². The minimum absolute atomic E-state index is 0.130. The van der Waals surface area contributed by atoms with Crippen LogP contribution in [0.1, 0.15) is 34.6 Å². The molecule has 6 nitrogen and oxygen atoms in total. The smallest absolute Gasteiger partial charge is 0.493 e. The first kappa shape index (κ1) is 17.5. The van der Waals surface area contributed by atoms with E-state index in [0.29, 0.717) is 12.1 Å². The van der Waals surface area contributed by atoms with Crippen LogP contribution in [0.2, 0.25) is 0 Å². The molecule has 22 heavy (non-hydrogen) atoms. The van der Waals surface area contributed by atoms with Crippen LogP contribution >= 0.6 is 7.60 Å². The van der Waals surface area contributed by atoms with E-state index in [1.165, 1.54) is 6.07 Å². The molecular formula is C14H22BO6P. The minimum atomic E-state index is -4.39. The Hall–Kier alpha value is -0.845. The molecule has 1 fully saturated rings. The van der Waals surface area contributed by atoms with Crippen LogP contribution < -0.4 is 15.5 Å². The summed E-state index contributed by atoms with van der Waals surface area (Å²) in [6, 6.07) is 4.53. The van der Waals surface area contributed by atoms with Gasteiger partial charge in [-0.15, -0.1) is 0 Å². The van der Waals surface area contributed by atoms with Crippen molar-refractivity contribution in [2.45, 2.75) is 45.8 Å². The quantitative estimate of drug-likeness (QED) is 0.638. The van der Waals surface area contributed by atoms with E-state index in [9.17, 15) is 14.4 Å². The summed E-state index contributed by atoms with van der Waals surface area (Å²) in [4.78, 5) is 18.8. The minimum Gasteiger partial charge on any atom is -0.493 e. The van der Waals surface area contributed by atoms with E-state index < -0.39 is 25.9 Å². The largest absolute Gasteiger partial charge is 0.494 e. The van der Waals surface area contributed by atoms with E-state index in [4.69, 9.17) is 14.0 Å². The molecule has 0 aromatic heterocycles. The third-order valence-electron chi connectivity index (χ3n) is 4.12. The van der Waals surface area contributed by atoms with Gasteiger partial charge in [-0.1, -0.05) is 6.07 Å². The summed E-state index contributed by atoms with van der Waals surface area (Å²) in [6.45, 7) is 9.84. The summed E-state index contributed by atoms with van der Waals surface area (Å²) in [5.41, 5.74) is -0.296. The van der Waals surface area contributed by atoms with Gasteiger partial charge in [0.25, 0.3) is 0 Å². The van der Waals surface area contributed by atoms with E-state index in [1.807, 2.05) is 27.7 Å². The monoisotopic (exact) mass is 328 g/mol. The molecule has 0 atom stereocenters. The first-order valence-corrected chi connectivity index (χ1v) is 8.77. The normalized spacial score (nSPS) is 20.2. The van der Waals surface area contributed by atoms with Crippen molar-refractivity contribution >= 4 is 25.5 Å². The Morgan fingerprint density at radius 3 is 2.18 bits per heavy atom. The second-order valence-electron chi connectivity index (χ2n) is 6.29. The fourth-order valence-electron chi connectivity index (χ4n) is 2.17. The van der Waals surface area contributed by atoms with Gasteiger partial charge < -0.3 is 23.8 Å². The highest BCUT2D eigenvalue weighted by Gasteiger charge is 2.51. The van der Waals surface area contributed by atoms with Crippen molar-refractivity contribution in [3.63, 3.8) is 0 Å². The van der Waals surface area contributed by atoms with Gasteiger partial charge in [-0.25, -0.2) is 0 Å². The van der Waals surface area contributed by atoms with Crippen LogP contribution in [0, 0.1) is 0 Å². The van der Waals surface area contributed by atoms with Crippen LogP contribution in [0.4, 0.5) is 0 Å². The molecule has 1 aliphatic heterocycles. The van der Waals surface area contributed by atoms with Gasteiger partial charge in [0, 0.05) is 0 Å². The lowest BCUT2D eigenvalue weighted by atomic mass is 9.79. The Balaban J connectivity index is 2.39. The molecule has 2 N–H and O–H groups in total. The molecular weight excluding hydrogens is 306 g/mol. The molecule has 0 saturated carbocycles. The van der Waals surface area contributed by atoms with E-state index in [0.717, 1.165) is 0 Å². The first-order valence-electron chi connectivity index (χ1n) is 7.16. The maximum Gasteiger partial charge on any atom is 0.494 e. The van der Waals surface area contributed by atoms with E-state index >= 15 is 0 Å². The highest BCUT2D eigenvalue weighted by atomic mass is 31.2. The fourth-order valence-corrected chi connectivity index (χ4v) is 2.85. The lowest BCUT2D eigenvalue weighted by molar-refractivity contribution is 0.00578. The van der Waals surface area contributed by atoms with Crippen LogP contribution in [0.15, 0.2) is 18.2 Å². The molecule has 0 spiro atoms. The van der Waals surface area contributed by atoms with Crippen molar-refractivity contribution in [3.8, 4) is 5.75 Å². The molecule has 1 aromatic carbocycles. The molecule has 0 bridgehead atoms. The third kappa shape index (κ3) is 3.24. The summed E-state index contributed by atoms with van der Waals surface area (Å²) in [5.74, 6) is 0.156.